The molecule has 1 aromatic rings. The average Bonchev–Trinajstić information content (AvgIpc) is 3.67. The third-order valence-electron chi connectivity index (χ3n) is 7.98. The second kappa shape index (κ2) is 15.3. The fourth-order valence-electron chi connectivity index (χ4n) is 5.46. The lowest BCUT2D eigenvalue weighted by molar-refractivity contribution is -0.143. The highest BCUT2D eigenvalue weighted by atomic mass is 16.2. The molecule has 240 valence electrons. The van der Waals surface area contributed by atoms with E-state index in [4.69, 9.17) is 5.73 Å². The van der Waals surface area contributed by atoms with Crippen molar-refractivity contribution in [1.29, 1.82) is 0 Å². The number of nitrogens with zero attached hydrogens (tertiary/aromatic N) is 2. The van der Waals surface area contributed by atoms with Crippen LogP contribution in [0, 0.1) is 0 Å². The van der Waals surface area contributed by atoms with E-state index in [1.165, 1.54) is 37.5 Å². The fourth-order valence-corrected chi connectivity index (χ4v) is 5.46. The third-order valence-corrected chi connectivity index (χ3v) is 7.98. The molecular weight excluding hydrogens is 570 g/mol. The zero-order valence-corrected chi connectivity index (χ0v) is 25.6. The molecule has 2 aliphatic rings. The number of likely N-dealkylation sites (tertiary alicyclic amines) is 2. The number of carbonyl (C=O) groups is 7. The molecule has 2 heterocycles. The molecule has 6 atom stereocenters. The van der Waals surface area contributed by atoms with E-state index in [0.717, 1.165) is 5.56 Å². The highest BCUT2D eigenvalue weighted by Gasteiger charge is 2.39. The Morgan fingerprint density at radius 2 is 1.30 bits per heavy atom. The quantitative estimate of drug-likeness (QED) is 0.193. The van der Waals surface area contributed by atoms with Gasteiger partial charge in [-0.05, 0) is 52.0 Å². The van der Waals surface area contributed by atoms with Gasteiger partial charge in [0.15, 0.2) is 0 Å². The molecule has 0 radical (unpaired) electrons. The maximum absolute atomic E-state index is 13.5. The highest BCUT2D eigenvalue weighted by Crippen LogP contribution is 2.21. The number of primary amides is 1. The van der Waals surface area contributed by atoms with E-state index in [-0.39, 0.29) is 12.3 Å². The number of benzene rings is 1. The average molecular weight is 614 g/mol. The van der Waals surface area contributed by atoms with E-state index >= 15 is 0 Å². The van der Waals surface area contributed by atoms with E-state index in [2.05, 4.69) is 21.3 Å². The maximum atomic E-state index is 13.5. The first-order valence-corrected chi connectivity index (χ1v) is 14.9. The van der Waals surface area contributed by atoms with Gasteiger partial charge in [0.1, 0.15) is 36.3 Å². The van der Waals surface area contributed by atoms with Crippen LogP contribution in [-0.2, 0) is 40.0 Å². The fraction of sp³-hybridized carbons (Fsp3) is 0.567. The van der Waals surface area contributed by atoms with Crippen LogP contribution in [0.3, 0.4) is 0 Å². The predicted octanol–water partition coefficient (Wildman–Crippen LogP) is -1.28. The van der Waals surface area contributed by atoms with Crippen LogP contribution in [0.15, 0.2) is 30.3 Å². The molecule has 0 saturated carbocycles. The Hall–Kier alpha value is -4.49. The van der Waals surface area contributed by atoms with Gasteiger partial charge in [-0.15, -0.1) is 0 Å². The number of nitrogens with one attached hydrogen (secondary N) is 4. The van der Waals surface area contributed by atoms with Crippen molar-refractivity contribution in [2.24, 2.45) is 5.73 Å². The van der Waals surface area contributed by atoms with Gasteiger partial charge in [-0.3, -0.25) is 33.6 Å². The van der Waals surface area contributed by atoms with Crippen molar-refractivity contribution >= 4 is 41.4 Å². The van der Waals surface area contributed by atoms with E-state index in [0.29, 0.717) is 38.8 Å². The van der Waals surface area contributed by atoms with Gasteiger partial charge in [0.25, 0.3) is 0 Å². The summed E-state index contributed by atoms with van der Waals surface area (Å²) < 4.78 is 0. The summed E-state index contributed by atoms with van der Waals surface area (Å²) in [5.41, 5.74) is 5.96. The van der Waals surface area contributed by atoms with Crippen LogP contribution in [-0.4, -0.2) is 100 Å². The molecule has 2 fully saturated rings. The Morgan fingerprint density at radius 1 is 0.750 bits per heavy atom. The lowest BCUT2D eigenvalue weighted by atomic mass is 10.0. The molecule has 3 rings (SSSR count). The summed E-state index contributed by atoms with van der Waals surface area (Å²) in [7, 11) is 0. The second-order valence-electron chi connectivity index (χ2n) is 11.4. The summed E-state index contributed by atoms with van der Waals surface area (Å²) in [5, 5.41) is 10.5. The van der Waals surface area contributed by atoms with Crippen molar-refractivity contribution in [1.82, 2.24) is 31.1 Å². The molecule has 1 aromatic carbocycles. The van der Waals surface area contributed by atoms with Crippen molar-refractivity contribution < 1.29 is 33.6 Å². The summed E-state index contributed by atoms with van der Waals surface area (Å²) in [6, 6.07) is 3.50. The second-order valence-corrected chi connectivity index (χ2v) is 11.4. The maximum Gasteiger partial charge on any atom is 0.245 e. The van der Waals surface area contributed by atoms with Crippen LogP contribution in [0.4, 0.5) is 0 Å². The zero-order valence-electron chi connectivity index (χ0n) is 25.6. The minimum Gasteiger partial charge on any atom is -0.368 e. The number of hydrogen-bond acceptors (Lipinski definition) is 7. The molecule has 6 N–H and O–H groups in total. The van der Waals surface area contributed by atoms with Gasteiger partial charge in [0.2, 0.25) is 41.4 Å². The molecule has 2 saturated heterocycles. The Morgan fingerprint density at radius 3 is 1.89 bits per heavy atom. The summed E-state index contributed by atoms with van der Waals surface area (Å²) in [6.45, 7) is 6.58. The summed E-state index contributed by atoms with van der Waals surface area (Å²) in [4.78, 5) is 91.7. The lowest BCUT2D eigenvalue weighted by Gasteiger charge is -2.30. The minimum atomic E-state index is -1.08. The van der Waals surface area contributed by atoms with Gasteiger partial charge in [-0.2, -0.15) is 0 Å². The first kappa shape index (κ1) is 34.0. The first-order valence-electron chi connectivity index (χ1n) is 14.9. The Bertz CT molecular complexity index is 1260. The van der Waals surface area contributed by atoms with Gasteiger partial charge in [-0.1, -0.05) is 30.3 Å². The van der Waals surface area contributed by atoms with Gasteiger partial charge in [0.05, 0.1) is 0 Å². The van der Waals surface area contributed by atoms with Crippen LogP contribution in [0.25, 0.3) is 0 Å². The minimum absolute atomic E-state index is 0.117. The monoisotopic (exact) mass is 613 g/mol. The first-order chi connectivity index (χ1) is 20.8. The molecule has 7 amide bonds. The molecule has 14 nitrogen and oxygen atoms in total. The molecule has 44 heavy (non-hydrogen) atoms. The molecule has 0 unspecified atom stereocenters. The molecule has 0 aliphatic carbocycles. The van der Waals surface area contributed by atoms with Crippen molar-refractivity contribution in [2.45, 2.75) is 96.1 Å². The van der Waals surface area contributed by atoms with Crippen LogP contribution >= 0.6 is 0 Å². The number of carbonyl (C=O) groups excluding carboxylic acids is 7. The Balaban J connectivity index is 1.68. The van der Waals surface area contributed by atoms with Crippen molar-refractivity contribution in [3.63, 3.8) is 0 Å². The Kier molecular flexibility index (Phi) is 11.8. The van der Waals surface area contributed by atoms with Crippen molar-refractivity contribution in [3.05, 3.63) is 35.9 Å². The molecule has 14 heteroatoms. The smallest absolute Gasteiger partial charge is 0.245 e. The van der Waals surface area contributed by atoms with Gasteiger partial charge >= 0.3 is 0 Å². The van der Waals surface area contributed by atoms with E-state index in [9.17, 15) is 33.6 Å². The number of nitrogens with two attached hydrogens (primary N) is 1. The molecule has 2 aliphatic heterocycles. The van der Waals surface area contributed by atoms with Crippen LogP contribution in [0.1, 0.15) is 58.9 Å². The topological polar surface area (TPSA) is 200 Å². The van der Waals surface area contributed by atoms with Gasteiger partial charge < -0.3 is 36.8 Å². The molecule has 0 spiro atoms. The number of rotatable bonds is 12. The van der Waals surface area contributed by atoms with Crippen molar-refractivity contribution in [3.8, 4) is 0 Å². The van der Waals surface area contributed by atoms with Crippen LogP contribution in [0.5, 0.6) is 0 Å². The SMILES string of the molecule is CC(=O)N1CCC[C@H]1C(=O)N[C@@H](C)C(=O)N1CCC[C@H]1C(=O)N[C@@H](Cc1ccccc1)C(=O)N[C@H](C)C(=O)N[C@@H](C)C(N)=O. The summed E-state index contributed by atoms with van der Waals surface area (Å²) >= 11 is 0. The highest BCUT2D eigenvalue weighted by molar-refractivity contribution is 5.97. The summed E-state index contributed by atoms with van der Waals surface area (Å²) in [5.74, 6) is -3.58. The predicted molar refractivity (Wildman–Crippen MR) is 159 cm³/mol. The van der Waals surface area contributed by atoms with E-state index in [1.807, 2.05) is 6.07 Å². The zero-order chi connectivity index (χ0) is 32.6. The molecule has 0 bridgehead atoms. The van der Waals surface area contributed by atoms with Gasteiger partial charge in [0, 0.05) is 26.4 Å². The van der Waals surface area contributed by atoms with Crippen molar-refractivity contribution in [2.75, 3.05) is 13.1 Å². The standard InChI is InChI=1S/C30H43N7O7/c1-17(25(31)39)32-26(40)18(2)33-27(41)22(16-21-10-6-5-7-11-21)35-29(43)24-13-9-15-37(24)30(44)19(3)34-28(42)23-12-8-14-36(23)20(4)38/h5-7,10-11,17-19,22-24H,8-9,12-16H2,1-4H3,(H2,31,39)(H,32,40)(H,33,41)(H,34,42)(H,35,43)/t17-,18+,19-,22-,23-,24-/m0/s1. The molecule has 0 aromatic heterocycles. The van der Waals surface area contributed by atoms with Crippen LogP contribution in [0.2, 0.25) is 0 Å². The van der Waals surface area contributed by atoms with E-state index in [1.54, 1.807) is 24.3 Å². The summed E-state index contributed by atoms with van der Waals surface area (Å²) in [6.07, 6.45) is 2.24. The van der Waals surface area contributed by atoms with Crippen LogP contribution < -0.4 is 27.0 Å². The Labute approximate surface area is 256 Å². The van der Waals surface area contributed by atoms with E-state index < -0.39 is 71.7 Å². The lowest BCUT2D eigenvalue weighted by Crippen LogP contribution is -2.58. The third kappa shape index (κ3) is 8.77. The number of hydrogen-bond donors (Lipinski definition) is 5. The number of amides is 7. The van der Waals surface area contributed by atoms with Gasteiger partial charge in [-0.25, -0.2) is 0 Å². The molecular formula is C30H43N7O7. The largest absolute Gasteiger partial charge is 0.368 e. The normalized spacial score (nSPS) is 20.5.